The molecule has 3 N–H and O–H groups in total. The molecule has 0 saturated carbocycles. The lowest BCUT2D eigenvalue weighted by Crippen LogP contribution is -2.58. The summed E-state index contributed by atoms with van der Waals surface area (Å²) in [5, 5.41) is 3.02. The zero-order valence-corrected chi connectivity index (χ0v) is 19.8. The molecule has 3 rings (SSSR count). The molecule has 7 nitrogen and oxygen atoms in total. The van der Waals surface area contributed by atoms with Crippen LogP contribution in [0.2, 0.25) is 0 Å². The van der Waals surface area contributed by atoms with Gasteiger partial charge in [0.05, 0.1) is 16.1 Å². The molecule has 2 aromatic rings. The van der Waals surface area contributed by atoms with Crippen LogP contribution in [0.25, 0.3) is 10.4 Å². The number of carbonyl (C=O) groups is 2. The Balaban J connectivity index is 1.62. The Morgan fingerprint density at radius 3 is 2.55 bits per heavy atom. The van der Waals surface area contributed by atoms with Crippen LogP contribution in [-0.2, 0) is 16.1 Å². The predicted molar refractivity (Wildman–Crippen MR) is 124 cm³/mol. The third kappa shape index (κ3) is 5.50. The molecule has 0 spiro atoms. The van der Waals surface area contributed by atoms with E-state index >= 15 is 0 Å². The van der Waals surface area contributed by atoms with Crippen LogP contribution in [0.4, 0.5) is 0 Å². The van der Waals surface area contributed by atoms with Crippen molar-refractivity contribution in [1.82, 2.24) is 26.1 Å². The molecule has 1 aromatic heterocycles. The molecular formula is C23H33N5O2S. The van der Waals surface area contributed by atoms with E-state index in [1.807, 2.05) is 45.3 Å². The number of nitrogens with zero attached hydrogens (tertiary/aromatic N) is 2. The number of amides is 2. The van der Waals surface area contributed by atoms with Gasteiger partial charge in [-0.25, -0.2) is 10.4 Å². The van der Waals surface area contributed by atoms with Crippen molar-refractivity contribution in [2.75, 3.05) is 13.6 Å². The number of hydrazine groups is 1. The van der Waals surface area contributed by atoms with E-state index in [2.05, 4.69) is 33.3 Å². The summed E-state index contributed by atoms with van der Waals surface area (Å²) in [6, 6.07) is 7.34. The standard InChI is InChI=1S/C23H33N5O2S/c1-15-19(31-14-26-15)17-10-8-16(9-11-17)13-25-21(29)18-7-6-12-28(18)22(30)20(27-24-5)23(2,3)4/h8-11,14,18,20,24,27H,6-7,12-13H2,1-5H3,(H,25,29)/t18-,20+/m1/s1. The summed E-state index contributed by atoms with van der Waals surface area (Å²) in [5.41, 5.74) is 10.7. The number of benzene rings is 1. The minimum Gasteiger partial charge on any atom is -0.350 e. The highest BCUT2D eigenvalue weighted by Crippen LogP contribution is 2.28. The molecule has 31 heavy (non-hydrogen) atoms. The average molecular weight is 444 g/mol. The molecule has 8 heteroatoms. The highest BCUT2D eigenvalue weighted by atomic mass is 32.1. The van der Waals surface area contributed by atoms with Crippen LogP contribution in [0.5, 0.6) is 0 Å². The Morgan fingerprint density at radius 2 is 1.97 bits per heavy atom. The summed E-state index contributed by atoms with van der Waals surface area (Å²) in [7, 11) is 1.75. The van der Waals surface area contributed by atoms with Crippen molar-refractivity contribution in [3.63, 3.8) is 0 Å². The molecule has 1 saturated heterocycles. The zero-order chi connectivity index (χ0) is 22.6. The van der Waals surface area contributed by atoms with Crippen LogP contribution in [0, 0.1) is 12.3 Å². The van der Waals surface area contributed by atoms with Gasteiger partial charge in [0, 0.05) is 13.1 Å². The maximum absolute atomic E-state index is 13.2. The van der Waals surface area contributed by atoms with Crippen molar-refractivity contribution in [3.8, 4) is 10.4 Å². The van der Waals surface area contributed by atoms with Gasteiger partial charge < -0.3 is 10.2 Å². The summed E-state index contributed by atoms with van der Waals surface area (Å²) in [4.78, 5) is 33.3. The first kappa shape index (κ1) is 23.4. The minimum absolute atomic E-state index is 0.0382. The predicted octanol–water partition coefficient (Wildman–Crippen LogP) is 2.86. The number of thiazole rings is 1. The van der Waals surface area contributed by atoms with Crippen LogP contribution in [0.3, 0.4) is 0 Å². The number of likely N-dealkylation sites (tertiary alicyclic amines) is 1. The highest BCUT2D eigenvalue weighted by molar-refractivity contribution is 7.13. The second-order valence-corrected chi connectivity index (χ2v) is 9.92. The third-order valence-electron chi connectivity index (χ3n) is 5.67. The molecule has 168 valence electrons. The van der Waals surface area contributed by atoms with Crippen LogP contribution >= 0.6 is 11.3 Å². The average Bonchev–Trinajstić information content (AvgIpc) is 3.38. The minimum atomic E-state index is -0.421. The Morgan fingerprint density at radius 1 is 1.26 bits per heavy atom. The summed E-state index contributed by atoms with van der Waals surface area (Å²) in [5.74, 6) is -0.130. The first-order valence-corrected chi connectivity index (χ1v) is 11.6. The zero-order valence-electron chi connectivity index (χ0n) is 19.0. The van der Waals surface area contributed by atoms with Crippen molar-refractivity contribution < 1.29 is 9.59 Å². The van der Waals surface area contributed by atoms with Crippen LogP contribution in [0.1, 0.15) is 44.9 Å². The fourth-order valence-corrected chi connectivity index (χ4v) is 4.73. The van der Waals surface area contributed by atoms with Gasteiger partial charge in [0.1, 0.15) is 12.1 Å². The Hall–Kier alpha value is -2.29. The molecule has 0 bridgehead atoms. The molecule has 0 unspecified atom stereocenters. The smallest absolute Gasteiger partial charge is 0.243 e. The molecule has 0 radical (unpaired) electrons. The quantitative estimate of drug-likeness (QED) is 0.573. The lowest BCUT2D eigenvalue weighted by molar-refractivity contribution is -0.142. The topological polar surface area (TPSA) is 86.4 Å². The van der Waals surface area contributed by atoms with Crippen molar-refractivity contribution in [2.45, 2.75) is 59.2 Å². The molecule has 0 aliphatic carbocycles. The molecule has 1 aliphatic rings. The van der Waals surface area contributed by atoms with E-state index in [9.17, 15) is 9.59 Å². The first-order valence-electron chi connectivity index (χ1n) is 10.7. The number of rotatable bonds is 7. The van der Waals surface area contributed by atoms with Crippen LogP contribution < -0.4 is 16.2 Å². The number of nitrogens with one attached hydrogen (secondary N) is 3. The van der Waals surface area contributed by atoms with Crippen molar-refractivity contribution in [3.05, 3.63) is 41.0 Å². The number of aromatic nitrogens is 1. The molecule has 2 heterocycles. The van der Waals surface area contributed by atoms with Crippen molar-refractivity contribution in [1.29, 1.82) is 0 Å². The number of hydrogen-bond donors (Lipinski definition) is 3. The van der Waals surface area contributed by atoms with Gasteiger partial charge in [0.15, 0.2) is 0 Å². The molecule has 1 fully saturated rings. The lowest BCUT2D eigenvalue weighted by Gasteiger charge is -2.35. The van der Waals surface area contributed by atoms with E-state index in [4.69, 9.17) is 0 Å². The third-order valence-corrected chi connectivity index (χ3v) is 6.65. The fourth-order valence-electron chi connectivity index (χ4n) is 3.92. The van der Waals surface area contributed by atoms with E-state index < -0.39 is 12.1 Å². The van der Waals surface area contributed by atoms with Crippen molar-refractivity contribution in [2.24, 2.45) is 5.41 Å². The summed E-state index contributed by atoms with van der Waals surface area (Å²) >= 11 is 1.63. The molecular weight excluding hydrogens is 410 g/mol. The first-order chi connectivity index (χ1) is 14.7. The van der Waals surface area contributed by atoms with Crippen molar-refractivity contribution >= 4 is 23.2 Å². The lowest BCUT2D eigenvalue weighted by atomic mass is 9.86. The fraction of sp³-hybridized carbons (Fsp3) is 0.522. The number of hydrogen-bond acceptors (Lipinski definition) is 6. The van der Waals surface area contributed by atoms with Crippen LogP contribution in [0.15, 0.2) is 29.8 Å². The van der Waals surface area contributed by atoms with Gasteiger partial charge in [0.2, 0.25) is 11.8 Å². The van der Waals surface area contributed by atoms with E-state index in [0.717, 1.165) is 23.2 Å². The van der Waals surface area contributed by atoms with Crippen LogP contribution in [-0.4, -0.2) is 47.4 Å². The van der Waals surface area contributed by atoms with Gasteiger partial charge in [-0.3, -0.25) is 15.0 Å². The van der Waals surface area contributed by atoms with Gasteiger partial charge in [-0.2, -0.15) is 0 Å². The largest absolute Gasteiger partial charge is 0.350 e. The molecule has 1 aromatic carbocycles. The summed E-state index contributed by atoms with van der Waals surface area (Å²) in [6.45, 7) is 9.10. The Labute approximate surface area is 188 Å². The SMILES string of the molecule is CNN[C@@H](C(=O)N1CCC[C@@H]1C(=O)NCc1ccc(-c2scnc2C)cc1)C(C)(C)C. The monoisotopic (exact) mass is 443 g/mol. The maximum Gasteiger partial charge on any atom is 0.243 e. The van der Waals surface area contributed by atoms with E-state index in [1.54, 1.807) is 23.3 Å². The van der Waals surface area contributed by atoms with Gasteiger partial charge >= 0.3 is 0 Å². The second kappa shape index (κ2) is 9.89. The normalized spacial score (nSPS) is 17.6. The van der Waals surface area contributed by atoms with Gasteiger partial charge in [-0.1, -0.05) is 45.0 Å². The number of carbonyl (C=O) groups excluding carboxylic acids is 2. The van der Waals surface area contributed by atoms with Gasteiger partial charge in [-0.05, 0) is 43.4 Å². The molecule has 1 aliphatic heterocycles. The maximum atomic E-state index is 13.2. The van der Waals surface area contributed by atoms with E-state index in [0.29, 0.717) is 19.5 Å². The number of aryl methyl sites for hydroxylation is 1. The Kier molecular flexibility index (Phi) is 7.46. The summed E-state index contributed by atoms with van der Waals surface area (Å²) in [6.07, 6.45) is 1.53. The second-order valence-electron chi connectivity index (χ2n) is 9.06. The molecule has 2 amide bonds. The summed E-state index contributed by atoms with van der Waals surface area (Å²) < 4.78 is 0. The van der Waals surface area contributed by atoms with Gasteiger partial charge in [-0.15, -0.1) is 11.3 Å². The highest BCUT2D eigenvalue weighted by Gasteiger charge is 2.40. The molecule has 2 atom stereocenters. The Bertz CT molecular complexity index is 903. The van der Waals surface area contributed by atoms with E-state index in [-0.39, 0.29) is 17.2 Å². The van der Waals surface area contributed by atoms with Gasteiger partial charge in [0.25, 0.3) is 0 Å². The van der Waals surface area contributed by atoms with E-state index in [1.165, 1.54) is 4.88 Å².